The Balaban J connectivity index is 2.88. The maximum Gasteiger partial charge on any atom is 0.232 e. The highest BCUT2D eigenvalue weighted by molar-refractivity contribution is 9.10. The molecule has 1 aromatic heterocycles. The molecule has 6 heteroatoms. The number of rotatable bonds is 7. The summed E-state index contributed by atoms with van der Waals surface area (Å²) in [7, 11) is 3.24. The van der Waals surface area contributed by atoms with Crippen molar-refractivity contribution in [1.29, 1.82) is 0 Å². The van der Waals surface area contributed by atoms with Crippen molar-refractivity contribution < 1.29 is 9.47 Å². The van der Waals surface area contributed by atoms with Gasteiger partial charge in [0, 0.05) is 20.2 Å². The first-order valence-electron chi connectivity index (χ1n) is 5.14. The molecule has 0 radical (unpaired) electrons. The van der Waals surface area contributed by atoms with Gasteiger partial charge in [-0.3, -0.25) is 0 Å². The Morgan fingerprint density at radius 2 is 2.29 bits per heavy atom. The summed E-state index contributed by atoms with van der Waals surface area (Å²) in [5, 5.41) is 0. The van der Waals surface area contributed by atoms with Gasteiger partial charge in [-0.05, 0) is 15.9 Å². The molecule has 0 spiro atoms. The fraction of sp³-hybridized carbons (Fsp3) is 0.455. The molecule has 1 heterocycles. The van der Waals surface area contributed by atoms with E-state index >= 15 is 0 Å². The summed E-state index contributed by atoms with van der Waals surface area (Å²) in [5.41, 5.74) is 0. The predicted octanol–water partition coefficient (Wildman–Crippen LogP) is 1.89. The molecule has 0 bridgehead atoms. The van der Waals surface area contributed by atoms with E-state index in [0.29, 0.717) is 31.5 Å². The molecule has 0 atom stereocenters. The van der Waals surface area contributed by atoms with Crippen LogP contribution in [0.5, 0.6) is 5.88 Å². The second kappa shape index (κ2) is 7.24. The number of methoxy groups -OCH3 is 2. The number of hydrogen-bond donors (Lipinski definition) is 0. The van der Waals surface area contributed by atoms with E-state index in [-0.39, 0.29) is 0 Å². The lowest BCUT2D eigenvalue weighted by Crippen LogP contribution is -2.29. The van der Waals surface area contributed by atoms with E-state index in [2.05, 4.69) is 32.5 Å². The maximum atomic E-state index is 5.14. The molecule has 0 fully saturated rings. The van der Waals surface area contributed by atoms with E-state index < -0.39 is 0 Å². The van der Waals surface area contributed by atoms with Crippen molar-refractivity contribution in [2.75, 3.05) is 38.8 Å². The lowest BCUT2D eigenvalue weighted by molar-refractivity contribution is 0.205. The molecule has 0 amide bonds. The molecule has 0 unspecified atom stereocenters. The van der Waals surface area contributed by atoms with Crippen LogP contribution in [0.1, 0.15) is 0 Å². The number of hydrogen-bond acceptors (Lipinski definition) is 5. The Labute approximate surface area is 110 Å². The minimum absolute atomic E-state index is 0.515. The Morgan fingerprint density at radius 1 is 1.53 bits per heavy atom. The highest BCUT2D eigenvalue weighted by Gasteiger charge is 2.11. The lowest BCUT2D eigenvalue weighted by Gasteiger charge is -2.20. The molecule has 0 aromatic carbocycles. The molecule has 94 valence electrons. The van der Waals surface area contributed by atoms with Gasteiger partial charge in [0.1, 0.15) is 0 Å². The molecule has 0 saturated heterocycles. The van der Waals surface area contributed by atoms with Crippen LogP contribution >= 0.6 is 15.9 Å². The Hall–Kier alpha value is -1.14. The van der Waals surface area contributed by atoms with E-state index in [9.17, 15) is 0 Å². The first-order chi connectivity index (χ1) is 8.22. The van der Waals surface area contributed by atoms with Crippen molar-refractivity contribution in [3.05, 3.63) is 23.3 Å². The van der Waals surface area contributed by atoms with Crippen molar-refractivity contribution in [3.63, 3.8) is 0 Å². The summed E-state index contributed by atoms with van der Waals surface area (Å²) in [4.78, 5) is 10.5. The van der Waals surface area contributed by atoms with Crippen LogP contribution in [0.2, 0.25) is 0 Å². The first-order valence-corrected chi connectivity index (χ1v) is 5.93. The molecule has 17 heavy (non-hydrogen) atoms. The molecule has 1 aromatic rings. The van der Waals surface area contributed by atoms with Crippen LogP contribution in [0.25, 0.3) is 0 Å². The van der Waals surface area contributed by atoms with Gasteiger partial charge >= 0.3 is 0 Å². The normalized spacial score (nSPS) is 10.1. The zero-order valence-corrected chi connectivity index (χ0v) is 11.6. The van der Waals surface area contributed by atoms with Crippen LogP contribution in [-0.4, -0.2) is 43.9 Å². The maximum absolute atomic E-state index is 5.14. The molecule has 0 saturated carbocycles. The van der Waals surface area contributed by atoms with Gasteiger partial charge in [0.25, 0.3) is 0 Å². The summed E-state index contributed by atoms with van der Waals surface area (Å²) in [5.74, 6) is 1.11. The smallest absolute Gasteiger partial charge is 0.232 e. The van der Waals surface area contributed by atoms with Gasteiger partial charge in [-0.15, -0.1) is 6.58 Å². The summed E-state index contributed by atoms with van der Waals surface area (Å²) < 4.78 is 10.9. The quantitative estimate of drug-likeness (QED) is 0.720. The highest BCUT2D eigenvalue weighted by atomic mass is 79.9. The number of anilines is 1. The van der Waals surface area contributed by atoms with E-state index in [1.54, 1.807) is 26.5 Å². The van der Waals surface area contributed by atoms with Crippen LogP contribution in [0, 0.1) is 0 Å². The van der Waals surface area contributed by atoms with Crippen LogP contribution in [0.15, 0.2) is 23.3 Å². The van der Waals surface area contributed by atoms with E-state index in [1.165, 1.54) is 0 Å². The van der Waals surface area contributed by atoms with Gasteiger partial charge in [0.05, 0.1) is 24.4 Å². The standard InChI is InChI=1S/C11H16BrN3O2/c1-4-5-15(6-7-16-2)11-13-8-9(12)10(14-11)17-3/h4,8H,1,5-7H2,2-3H3. The second-order valence-corrected chi connectivity index (χ2v) is 4.11. The van der Waals surface area contributed by atoms with Gasteiger partial charge < -0.3 is 14.4 Å². The molecular weight excluding hydrogens is 286 g/mol. The van der Waals surface area contributed by atoms with Crippen molar-refractivity contribution in [1.82, 2.24) is 9.97 Å². The molecule has 0 N–H and O–H groups in total. The number of aromatic nitrogens is 2. The van der Waals surface area contributed by atoms with Crippen LogP contribution in [0.4, 0.5) is 5.95 Å². The number of nitrogens with zero attached hydrogens (tertiary/aromatic N) is 3. The lowest BCUT2D eigenvalue weighted by atomic mass is 10.5. The van der Waals surface area contributed by atoms with E-state index in [1.807, 2.05) is 4.90 Å². The summed E-state index contributed by atoms with van der Waals surface area (Å²) in [6, 6.07) is 0. The molecule has 0 aliphatic heterocycles. The molecule has 1 rings (SSSR count). The first kappa shape index (κ1) is 13.9. The number of ether oxygens (including phenoxy) is 2. The van der Waals surface area contributed by atoms with Crippen molar-refractivity contribution >= 4 is 21.9 Å². The Kier molecular flexibility index (Phi) is 5.93. The Bertz CT molecular complexity index is 374. The molecule has 0 aliphatic rings. The topological polar surface area (TPSA) is 47.5 Å². The van der Waals surface area contributed by atoms with Crippen LogP contribution in [0.3, 0.4) is 0 Å². The largest absolute Gasteiger partial charge is 0.480 e. The number of halogens is 1. The van der Waals surface area contributed by atoms with Gasteiger partial charge in [0.15, 0.2) is 0 Å². The monoisotopic (exact) mass is 301 g/mol. The van der Waals surface area contributed by atoms with Crippen LogP contribution in [-0.2, 0) is 4.74 Å². The van der Waals surface area contributed by atoms with Crippen molar-refractivity contribution in [3.8, 4) is 5.88 Å². The Morgan fingerprint density at radius 3 is 2.88 bits per heavy atom. The SMILES string of the molecule is C=CCN(CCOC)c1ncc(Br)c(OC)n1. The summed E-state index contributed by atoms with van der Waals surface area (Å²) in [6.07, 6.45) is 3.47. The predicted molar refractivity (Wildman–Crippen MR) is 70.6 cm³/mol. The fourth-order valence-corrected chi connectivity index (χ4v) is 1.62. The second-order valence-electron chi connectivity index (χ2n) is 3.25. The average molecular weight is 302 g/mol. The van der Waals surface area contributed by atoms with Crippen molar-refractivity contribution in [2.45, 2.75) is 0 Å². The van der Waals surface area contributed by atoms with E-state index in [4.69, 9.17) is 9.47 Å². The third-order valence-electron chi connectivity index (χ3n) is 2.09. The summed E-state index contributed by atoms with van der Waals surface area (Å²) in [6.45, 7) is 5.68. The third kappa shape index (κ3) is 3.98. The minimum Gasteiger partial charge on any atom is -0.480 e. The molecule has 0 aliphatic carbocycles. The van der Waals surface area contributed by atoms with Gasteiger partial charge in [-0.2, -0.15) is 4.98 Å². The highest BCUT2D eigenvalue weighted by Crippen LogP contribution is 2.23. The van der Waals surface area contributed by atoms with Crippen molar-refractivity contribution in [2.24, 2.45) is 0 Å². The van der Waals surface area contributed by atoms with Gasteiger partial charge in [0.2, 0.25) is 11.8 Å². The zero-order valence-electron chi connectivity index (χ0n) is 10.0. The van der Waals surface area contributed by atoms with Crippen LogP contribution < -0.4 is 9.64 Å². The van der Waals surface area contributed by atoms with Gasteiger partial charge in [-0.1, -0.05) is 6.08 Å². The third-order valence-corrected chi connectivity index (χ3v) is 2.63. The van der Waals surface area contributed by atoms with E-state index in [0.717, 1.165) is 4.47 Å². The molecular formula is C11H16BrN3O2. The summed E-state index contributed by atoms with van der Waals surface area (Å²) >= 11 is 3.32. The minimum atomic E-state index is 0.515. The molecule has 5 nitrogen and oxygen atoms in total. The fourth-order valence-electron chi connectivity index (χ4n) is 1.27. The average Bonchev–Trinajstić information content (AvgIpc) is 2.35. The zero-order chi connectivity index (χ0) is 12.7. The van der Waals surface area contributed by atoms with Gasteiger partial charge in [-0.25, -0.2) is 4.98 Å².